The van der Waals surface area contributed by atoms with Crippen molar-refractivity contribution in [3.8, 4) is 0 Å². The molecule has 5 nitrogen and oxygen atoms in total. The summed E-state index contributed by atoms with van der Waals surface area (Å²) in [5, 5.41) is 12.3. The van der Waals surface area contributed by atoms with E-state index in [4.69, 9.17) is 0 Å². The van der Waals surface area contributed by atoms with Crippen molar-refractivity contribution in [2.75, 3.05) is 5.32 Å². The highest BCUT2D eigenvalue weighted by molar-refractivity contribution is 6.06. The van der Waals surface area contributed by atoms with E-state index in [1.54, 1.807) is 12.1 Å². The van der Waals surface area contributed by atoms with Gasteiger partial charge in [0.15, 0.2) is 5.43 Å². The van der Waals surface area contributed by atoms with E-state index >= 15 is 0 Å². The number of carbonyl (C=O) groups excluding carboxylic acids is 1. The summed E-state index contributed by atoms with van der Waals surface area (Å²) in [6.07, 6.45) is -3.63. The van der Waals surface area contributed by atoms with Crippen molar-refractivity contribution >= 4 is 33.3 Å². The predicted molar refractivity (Wildman–Crippen MR) is 90.8 cm³/mol. The number of nitrogens with zero attached hydrogens (tertiary/aromatic N) is 1. The molecular formula is C18H13F3N2O3. The van der Waals surface area contributed by atoms with Crippen LogP contribution in [0.25, 0.3) is 21.7 Å². The summed E-state index contributed by atoms with van der Waals surface area (Å²) in [7, 11) is 0. The van der Waals surface area contributed by atoms with Crippen LogP contribution in [0.1, 0.15) is 6.92 Å². The zero-order chi connectivity index (χ0) is 19.1. The predicted octanol–water partition coefficient (Wildman–Crippen LogP) is 3.00. The minimum absolute atomic E-state index is 0.0190. The standard InChI is InChI=1S/C18H13F3N2O3/c1-17(26,18(19,20)21)16(25)23-14-6-2-4-11-10(14)7-8-13-12(15(11)24)5-3-9-22-13/h2-9,26H,1H3,(H,23,25). The van der Waals surface area contributed by atoms with Crippen LogP contribution in [0.15, 0.2) is 53.5 Å². The number of amides is 1. The Bertz CT molecular complexity index is 1080. The van der Waals surface area contributed by atoms with Crippen LogP contribution in [0, 0.1) is 0 Å². The molecule has 8 heteroatoms. The van der Waals surface area contributed by atoms with Gasteiger partial charge in [0.2, 0.25) is 5.60 Å². The van der Waals surface area contributed by atoms with E-state index in [2.05, 4.69) is 10.3 Å². The van der Waals surface area contributed by atoms with Crippen molar-refractivity contribution in [3.63, 3.8) is 0 Å². The van der Waals surface area contributed by atoms with Gasteiger partial charge in [0, 0.05) is 28.0 Å². The number of hydrogen-bond donors (Lipinski definition) is 2. The molecule has 1 atom stereocenters. The zero-order valence-corrected chi connectivity index (χ0v) is 13.5. The number of fused-ring (bicyclic) bond motifs is 2. The molecule has 1 heterocycles. The Morgan fingerprint density at radius 3 is 2.42 bits per heavy atom. The van der Waals surface area contributed by atoms with E-state index in [1.807, 2.05) is 0 Å². The Morgan fingerprint density at radius 2 is 1.73 bits per heavy atom. The normalized spacial score (nSPS) is 14.2. The number of aromatic nitrogens is 1. The number of nitrogens with one attached hydrogen (secondary N) is 1. The van der Waals surface area contributed by atoms with Crippen molar-refractivity contribution in [2.24, 2.45) is 0 Å². The molecule has 0 aliphatic carbocycles. The molecule has 26 heavy (non-hydrogen) atoms. The molecule has 1 aromatic heterocycles. The van der Waals surface area contributed by atoms with Crippen LogP contribution in [0.2, 0.25) is 0 Å². The molecule has 134 valence electrons. The molecule has 2 aromatic carbocycles. The molecule has 0 bridgehead atoms. The summed E-state index contributed by atoms with van der Waals surface area (Å²) >= 11 is 0. The second kappa shape index (κ2) is 6.06. The fourth-order valence-corrected chi connectivity index (χ4v) is 2.47. The number of hydrogen-bond acceptors (Lipinski definition) is 4. The maximum Gasteiger partial charge on any atom is 0.426 e. The first kappa shape index (κ1) is 17.8. The molecular weight excluding hydrogens is 349 g/mol. The molecule has 2 N–H and O–H groups in total. The van der Waals surface area contributed by atoms with Gasteiger partial charge in [0.1, 0.15) is 0 Å². The van der Waals surface area contributed by atoms with Crippen LogP contribution in [-0.4, -0.2) is 27.8 Å². The number of halogens is 3. The van der Waals surface area contributed by atoms with Crippen molar-refractivity contribution < 1.29 is 23.1 Å². The van der Waals surface area contributed by atoms with Crippen LogP contribution in [0.5, 0.6) is 0 Å². The highest BCUT2D eigenvalue weighted by Crippen LogP contribution is 2.32. The topological polar surface area (TPSA) is 79.3 Å². The lowest BCUT2D eigenvalue weighted by Crippen LogP contribution is -2.52. The number of alkyl halides is 3. The third kappa shape index (κ3) is 2.88. The van der Waals surface area contributed by atoms with Gasteiger partial charge in [-0.15, -0.1) is 0 Å². The molecule has 0 aliphatic rings. The first-order valence-electron chi connectivity index (χ1n) is 7.54. The summed E-state index contributed by atoms with van der Waals surface area (Å²) in [4.78, 5) is 28.7. The molecule has 1 unspecified atom stereocenters. The fraction of sp³-hybridized carbons (Fsp3) is 0.167. The van der Waals surface area contributed by atoms with Crippen LogP contribution in [-0.2, 0) is 4.79 Å². The molecule has 0 fully saturated rings. The van der Waals surface area contributed by atoms with Crippen molar-refractivity contribution in [1.82, 2.24) is 4.98 Å². The Balaban J connectivity index is 2.19. The van der Waals surface area contributed by atoms with Gasteiger partial charge < -0.3 is 10.4 Å². The minimum Gasteiger partial charge on any atom is -0.373 e. The number of aliphatic hydroxyl groups is 1. The number of carbonyl (C=O) groups is 1. The number of anilines is 1. The van der Waals surface area contributed by atoms with Gasteiger partial charge >= 0.3 is 6.18 Å². The third-order valence-electron chi connectivity index (χ3n) is 4.08. The van der Waals surface area contributed by atoms with Crippen molar-refractivity contribution in [1.29, 1.82) is 0 Å². The molecule has 1 amide bonds. The van der Waals surface area contributed by atoms with E-state index in [0.29, 0.717) is 17.8 Å². The first-order chi connectivity index (χ1) is 12.1. The maximum atomic E-state index is 12.8. The lowest BCUT2D eigenvalue weighted by molar-refractivity contribution is -0.242. The van der Waals surface area contributed by atoms with Gasteiger partial charge in [-0.1, -0.05) is 12.1 Å². The Labute approximate surface area is 145 Å². The average Bonchev–Trinajstić information content (AvgIpc) is 2.72. The van der Waals surface area contributed by atoms with E-state index < -0.39 is 17.7 Å². The van der Waals surface area contributed by atoms with Gasteiger partial charge in [-0.05, 0) is 37.3 Å². The molecule has 0 radical (unpaired) electrons. The first-order valence-corrected chi connectivity index (χ1v) is 7.54. The minimum atomic E-state index is -5.14. The van der Waals surface area contributed by atoms with E-state index in [-0.39, 0.29) is 21.9 Å². The van der Waals surface area contributed by atoms with Gasteiger partial charge in [-0.2, -0.15) is 13.2 Å². The summed E-state index contributed by atoms with van der Waals surface area (Å²) < 4.78 is 38.5. The third-order valence-corrected chi connectivity index (χ3v) is 4.08. The summed E-state index contributed by atoms with van der Waals surface area (Å²) in [5.41, 5.74) is -3.55. The van der Waals surface area contributed by atoms with Crippen molar-refractivity contribution in [3.05, 3.63) is 58.9 Å². The van der Waals surface area contributed by atoms with E-state index in [9.17, 15) is 27.9 Å². The lowest BCUT2D eigenvalue weighted by atomic mass is 10.0. The summed E-state index contributed by atoms with van der Waals surface area (Å²) in [6, 6.07) is 10.5. The molecule has 3 rings (SSSR count). The molecule has 0 saturated heterocycles. The maximum absolute atomic E-state index is 12.8. The smallest absolute Gasteiger partial charge is 0.373 e. The van der Waals surface area contributed by atoms with Crippen LogP contribution >= 0.6 is 0 Å². The number of benzene rings is 1. The quantitative estimate of drug-likeness (QED) is 0.735. The van der Waals surface area contributed by atoms with E-state index in [0.717, 1.165) is 0 Å². The largest absolute Gasteiger partial charge is 0.426 e. The molecule has 0 saturated carbocycles. The summed E-state index contributed by atoms with van der Waals surface area (Å²) in [5.74, 6) is -1.64. The Morgan fingerprint density at radius 1 is 1.04 bits per heavy atom. The van der Waals surface area contributed by atoms with Crippen molar-refractivity contribution in [2.45, 2.75) is 18.7 Å². The number of pyridine rings is 1. The second-order valence-electron chi connectivity index (χ2n) is 5.89. The lowest BCUT2D eigenvalue weighted by Gasteiger charge is -2.25. The monoisotopic (exact) mass is 362 g/mol. The molecule has 0 spiro atoms. The molecule has 3 aromatic rings. The van der Waals surface area contributed by atoms with Gasteiger partial charge in [0.25, 0.3) is 5.91 Å². The molecule has 0 aliphatic heterocycles. The Kier molecular flexibility index (Phi) is 4.15. The van der Waals surface area contributed by atoms with E-state index in [1.165, 1.54) is 36.5 Å². The van der Waals surface area contributed by atoms with Crippen LogP contribution < -0.4 is 10.7 Å². The fourth-order valence-electron chi connectivity index (χ4n) is 2.47. The SMILES string of the molecule is CC(O)(C(=O)Nc1cccc2c(=O)c3cccnc3ccc12)C(F)(F)F. The summed E-state index contributed by atoms with van der Waals surface area (Å²) in [6.45, 7) is 0.366. The highest BCUT2D eigenvalue weighted by Gasteiger charge is 2.55. The highest BCUT2D eigenvalue weighted by atomic mass is 19.4. The van der Waals surface area contributed by atoms with Crippen LogP contribution in [0.3, 0.4) is 0 Å². The van der Waals surface area contributed by atoms with Gasteiger partial charge in [0.05, 0.1) is 5.52 Å². The average molecular weight is 362 g/mol. The second-order valence-corrected chi connectivity index (χ2v) is 5.89. The Hall–Kier alpha value is -3.00. The van der Waals surface area contributed by atoms with Gasteiger partial charge in [-0.3, -0.25) is 14.6 Å². The number of rotatable bonds is 2. The van der Waals surface area contributed by atoms with Crippen LogP contribution in [0.4, 0.5) is 18.9 Å². The zero-order valence-electron chi connectivity index (χ0n) is 13.5. The van der Waals surface area contributed by atoms with Gasteiger partial charge in [-0.25, -0.2) is 0 Å².